The molecule has 0 aliphatic carbocycles. The van der Waals surface area contributed by atoms with Crippen molar-refractivity contribution in [3.8, 4) is 0 Å². The second-order valence-electron chi connectivity index (χ2n) is 4.75. The van der Waals surface area contributed by atoms with Crippen LogP contribution in [0.2, 0.25) is 0 Å². The minimum absolute atomic E-state index is 0.168. The molecule has 0 heterocycles. The summed E-state index contributed by atoms with van der Waals surface area (Å²) in [6.45, 7) is 2.06. The molecule has 0 fully saturated rings. The predicted octanol–water partition coefficient (Wildman–Crippen LogP) is 4.34. The van der Waals surface area contributed by atoms with Crippen LogP contribution in [0.1, 0.15) is 34.8 Å². The zero-order valence-corrected chi connectivity index (χ0v) is 11.3. The molecule has 2 rings (SSSR count). The van der Waals surface area contributed by atoms with Crippen molar-refractivity contribution in [1.82, 2.24) is 0 Å². The monoisotopic (exact) mass is 274 g/mol. The van der Waals surface area contributed by atoms with Gasteiger partial charge in [-0.25, -0.2) is 8.78 Å². The lowest BCUT2D eigenvalue weighted by Gasteiger charge is -2.06. The molecule has 0 aliphatic rings. The lowest BCUT2D eigenvalue weighted by atomic mass is 9.99. The minimum Gasteiger partial charge on any atom is -0.294 e. The molecular formula is C17H16F2O. The summed E-state index contributed by atoms with van der Waals surface area (Å²) in [4.78, 5) is 12.1. The van der Waals surface area contributed by atoms with E-state index in [4.69, 9.17) is 0 Å². The van der Waals surface area contributed by atoms with Gasteiger partial charge in [0.15, 0.2) is 5.78 Å². The molecular weight excluding hydrogens is 258 g/mol. The number of halogens is 2. The molecule has 0 aromatic heterocycles. The standard InChI is InChI=1S/C17H16F2O/c1-2-5-12-6-3-7-13(10-12)17(20)11-14-15(18)8-4-9-16(14)19/h3-4,6-10H,2,5,11H2,1H3. The third-order valence-electron chi connectivity index (χ3n) is 3.19. The highest BCUT2D eigenvalue weighted by atomic mass is 19.1. The largest absolute Gasteiger partial charge is 0.294 e. The maximum absolute atomic E-state index is 13.5. The molecule has 0 atom stereocenters. The van der Waals surface area contributed by atoms with Crippen LogP contribution in [0.25, 0.3) is 0 Å². The molecule has 0 spiro atoms. The van der Waals surface area contributed by atoms with E-state index in [2.05, 4.69) is 6.92 Å². The molecule has 0 saturated heterocycles. The molecule has 0 N–H and O–H groups in total. The van der Waals surface area contributed by atoms with E-state index in [1.54, 1.807) is 18.2 Å². The molecule has 0 unspecified atom stereocenters. The smallest absolute Gasteiger partial charge is 0.167 e. The Bertz CT molecular complexity index is 600. The van der Waals surface area contributed by atoms with Crippen molar-refractivity contribution < 1.29 is 13.6 Å². The highest BCUT2D eigenvalue weighted by molar-refractivity contribution is 5.97. The summed E-state index contributed by atoms with van der Waals surface area (Å²) in [5.74, 6) is -1.63. The number of benzene rings is 2. The lowest BCUT2D eigenvalue weighted by molar-refractivity contribution is 0.0990. The topological polar surface area (TPSA) is 17.1 Å². The number of aryl methyl sites for hydroxylation is 1. The van der Waals surface area contributed by atoms with Crippen LogP contribution >= 0.6 is 0 Å². The second-order valence-corrected chi connectivity index (χ2v) is 4.75. The normalized spacial score (nSPS) is 10.6. The second kappa shape index (κ2) is 6.42. The van der Waals surface area contributed by atoms with Crippen molar-refractivity contribution in [1.29, 1.82) is 0 Å². The Morgan fingerprint density at radius 2 is 1.70 bits per heavy atom. The van der Waals surface area contributed by atoms with E-state index < -0.39 is 11.6 Å². The van der Waals surface area contributed by atoms with Gasteiger partial charge >= 0.3 is 0 Å². The van der Waals surface area contributed by atoms with Crippen LogP contribution in [-0.4, -0.2) is 5.78 Å². The fourth-order valence-electron chi connectivity index (χ4n) is 2.15. The van der Waals surface area contributed by atoms with Gasteiger partial charge in [0.2, 0.25) is 0 Å². The van der Waals surface area contributed by atoms with Crippen molar-refractivity contribution >= 4 is 5.78 Å². The number of hydrogen-bond acceptors (Lipinski definition) is 1. The first-order valence-electron chi connectivity index (χ1n) is 6.67. The fourth-order valence-corrected chi connectivity index (χ4v) is 2.15. The van der Waals surface area contributed by atoms with Crippen molar-refractivity contribution in [2.45, 2.75) is 26.2 Å². The van der Waals surface area contributed by atoms with Crippen LogP contribution in [0.3, 0.4) is 0 Å². The van der Waals surface area contributed by atoms with Gasteiger partial charge in [0.25, 0.3) is 0 Å². The summed E-state index contributed by atoms with van der Waals surface area (Å²) in [7, 11) is 0. The Labute approximate surface area is 117 Å². The molecule has 2 aromatic carbocycles. The van der Waals surface area contributed by atoms with Crippen molar-refractivity contribution in [2.24, 2.45) is 0 Å². The van der Waals surface area contributed by atoms with Crippen LogP contribution in [0, 0.1) is 11.6 Å². The number of hydrogen-bond donors (Lipinski definition) is 0. The van der Waals surface area contributed by atoms with Crippen molar-refractivity contribution in [2.75, 3.05) is 0 Å². The molecule has 0 bridgehead atoms. The highest BCUT2D eigenvalue weighted by Crippen LogP contribution is 2.16. The number of ketones is 1. The number of carbonyl (C=O) groups is 1. The lowest BCUT2D eigenvalue weighted by Crippen LogP contribution is -2.07. The van der Waals surface area contributed by atoms with E-state index in [9.17, 15) is 13.6 Å². The fraction of sp³-hybridized carbons (Fsp3) is 0.235. The molecule has 104 valence electrons. The molecule has 0 radical (unpaired) electrons. The average molecular weight is 274 g/mol. The van der Waals surface area contributed by atoms with E-state index in [1.807, 2.05) is 6.07 Å². The van der Waals surface area contributed by atoms with E-state index in [1.165, 1.54) is 18.2 Å². The number of rotatable bonds is 5. The first-order chi connectivity index (χ1) is 9.61. The molecule has 0 amide bonds. The van der Waals surface area contributed by atoms with E-state index >= 15 is 0 Å². The van der Waals surface area contributed by atoms with Crippen molar-refractivity contribution in [3.05, 3.63) is 70.8 Å². The Balaban J connectivity index is 2.22. The number of Topliss-reactive ketones (excluding diaryl/α,β-unsaturated/α-hetero) is 1. The minimum atomic E-state index is -0.678. The van der Waals surface area contributed by atoms with Gasteiger partial charge in [-0.2, -0.15) is 0 Å². The summed E-state index contributed by atoms with van der Waals surface area (Å²) in [5, 5.41) is 0. The summed E-state index contributed by atoms with van der Waals surface area (Å²) >= 11 is 0. The van der Waals surface area contributed by atoms with Crippen LogP contribution < -0.4 is 0 Å². The number of carbonyl (C=O) groups excluding carboxylic acids is 1. The summed E-state index contributed by atoms with van der Waals surface area (Å²) in [6, 6.07) is 10.9. The average Bonchev–Trinajstić information content (AvgIpc) is 2.43. The summed E-state index contributed by atoms with van der Waals surface area (Å²) in [5.41, 5.74) is 1.39. The molecule has 20 heavy (non-hydrogen) atoms. The van der Waals surface area contributed by atoms with E-state index in [-0.39, 0.29) is 17.8 Å². The first-order valence-corrected chi connectivity index (χ1v) is 6.67. The predicted molar refractivity (Wildman–Crippen MR) is 74.8 cm³/mol. The molecule has 3 heteroatoms. The zero-order valence-electron chi connectivity index (χ0n) is 11.3. The molecule has 0 aliphatic heterocycles. The van der Waals surface area contributed by atoms with Gasteiger partial charge in [0.1, 0.15) is 11.6 Å². The van der Waals surface area contributed by atoms with Gasteiger partial charge in [-0.15, -0.1) is 0 Å². The van der Waals surface area contributed by atoms with Gasteiger partial charge in [0.05, 0.1) is 0 Å². The van der Waals surface area contributed by atoms with Gasteiger partial charge in [0, 0.05) is 17.5 Å². The maximum Gasteiger partial charge on any atom is 0.167 e. The van der Waals surface area contributed by atoms with Crippen LogP contribution in [0.5, 0.6) is 0 Å². The van der Waals surface area contributed by atoms with E-state index in [0.29, 0.717) is 5.56 Å². The Hall–Kier alpha value is -2.03. The van der Waals surface area contributed by atoms with Crippen LogP contribution in [0.15, 0.2) is 42.5 Å². The zero-order chi connectivity index (χ0) is 14.5. The Kier molecular flexibility index (Phi) is 4.61. The third-order valence-corrected chi connectivity index (χ3v) is 3.19. The highest BCUT2D eigenvalue weighted by Gasteiger charge is 2.14. The maximum atomic E-state index is 13.5. The summed E-state index contributed by atoms with van der Waals surface area (Å²) in [6.07, 6.45) is 1.61. The van der Waals surface area contributed by atoms with Crippen LogP contribution in [0.4, 0.5) is 8.78 Å². The van der Waals surface area contributed by atoms with Gasteiger partial charge in [-0.3, -0.25) is 4.79 Å². The molecule has 1 nitrogen and oxygen atoms in total. The first kappa shape index (κ1) is 14.4. The quantitative estimate of drug-likeness (QED) is 0.741. The van der Waals surface area contributed by atoms with Crippen molar-refractivity contribution in [3.63, 3.8) is 0 Å². The molecule has 2 aromatic rings. The Morgan fingerprint density at radius 3 is 2.35 bits per heavy atom. The van der Waals surface area contributed by atoms with Gasteiger partial charge in [-0.1, -0.05) is 37.6 Å². The van der Waals surface area contributed by atoms with Gasteiger partial charge in [-0.05, 0) is 30.2 Å². The molecule has 0 saturated carbocycles. The Morgan fingerprint density at radius 1 is 1.05 bits per heavy atom. The SMILES string of the molecule is CCCc1cccc(C(=O)Cc2c(F)cccc2F)c1. The van der Waals surface area contributed by atoms with Crippen LogP contribution in [-0.2, 0) is 12.8 Å². The summed E-state index contributed by atoms with van der Waals surface area (Å²) < 4.78 is 27.1. The van der Waals surface area contributed by atoms with Gasteiger partial charge < -0.3 is 0 Å². The van der Waals surface area contributed by atoms with E-state index in [0.717, 1.165) is 18.4 Å². The third kappa shape index (κ3) is 3.29.